The fraction of sp³-hybridized carbons (Fsp3) is 0.273. The molecule has 20 heavy (non-hydrogen) atoms. The van der Waals surface area contributed by atoms with Crippen molar-refractivity contribution in [1.29, 1.82) is 0 Å². The molecule has 0 unspecified atom stereocenters. The molecule has 0 fully saturated rings. The smallest absolute Gasteiger partial charge is 0.475 e. The lowest BCUT2D eigenvalue weighted by Gasteiger charge is -2.06. The van der Waals surface area contributed by atoms with E-state index in [1.165, 1.54) is 0 Å². The van der Waals surface area contributed by atoms with E-state index >= 15 is 0 Å². The lowest BCUT2D eigenvalue weighted by molar-refractivity contribution is -0.192. The second-order valence-corrected chi connectivity index (χ2v) is 4.89. The number of aliphatic carboxylic acids is 1. The number of rotatable bonds is 3. The minimum atomic E-state index is -5.08. The normalized spacial score (nSPS) is 12.1. The Labute approximate surface area is 126 Å². The highest BCUT2D eigenvalue weighted by molar-refractivity contribution is 14.1. The van der Waals surface area contributed by atoms with Crippen LogP contribution in [0, 0.1) is 3.57 Å². The summed E-state index contributed by atoms with van der Waals surface area (Å²) in [5, 5.41) is 7.12. The zero-order valence-electron chi connectivity index (χ0n) is 10.0. The number of primary amides is 1. The molecule has 0 aromatic heterocycles. The van der Waals surface area contributed by atoms with Gasteiger partial charge in [-0.25, -0.2) is 4.79 Å². The molecule has 0 saturated carbocycles. The summed E-state index contributed by atoms with van der Waals surface area (Å²) in [6, 6.07) is 7.27. The zero-order valence-corrected chi connectivity index (χ0v) is 12.2. The number of alkyl halides is 3. The average molecular weight is 404 g/mol. The second-order valence-electron chi connectivity index (χ2n) is 3.64. The number of carbonyl (C=O) groups is 2. The Morgan fingerprint density at radius 3 is 1.95 bits per heavy atom. The molecular weight excluding hydrogens is 392 g/mol. The topological polar surface area (TPSA) is 106 Å². The number of nitrogens with two attached hydrogens (primary N) is 2. The van der Waals surface area contributed by atoms with Crippen LogP contribution in [0.2, 0.25) is 0 Å². The van der Waals surface area contributed by atoms with Crippen LogP contribution in [0.15, 0.2) is 24.3 Å². The summed E-state index contributed by atoms with van der Waals surface area (Å²) in [6.07, 6.45) is -4.58. The van der Waals surface area contributed by atoms with Crippen molar-refractivity contribution in [2.75, 3.05) is 0 Å². The number of amides is 1. The van der Waals surface area contributed by atoms with Gasteiger partial charge in [-0.2, -0.15) is 13.2 Å². The van der Waals surface area contributed by atoms with Crippen molar-refractivity contribution in [3.05, 3.63) is 33.4 Å². The van der Waals surface area contributed by atoms with Gasteiger partial charge in [-0.05, 0) is 46.7 Å². The first kappa shape index (κ1) is 18.6. The summed E-state index contributed by atoms with van der Waals surface area (Å²) in [4.78, 5) is 19.6. The summed E-state index contributed by atoms with van der Waals surface area (Å²) < 4.78 is 32.9. The van der Waals surface area contributed by atoms with Gasteiger partial charge >= 0.3 is 12.1 Å². The van der Waals surface area contributed by atoms with Gasteiger partial charge in [0.1, 0.15) is 0 Å². The van der Waals surface area contributed by atoms with Crippen molar-refractivity contribution in [1.82, 2.24) is 0 Å². The summed E-state index contributed by atoms with van der Waals surface area (Å²) in [5.41, 5.74) is 11.6. The first-order chi connectivity index (χ1) is 9.04. The maximum Gasteiger partial charge on any atom is 0.490 e. The van der Waals surface area contributed by atoms with Crippen LogP contribution < -0.4 is 11.5 Å². The fourth-order valence-electron chi connectivity index (χ4n) is 0.975. The van der Waals surface area contributed by atoms with Crippen LogP contribution in [0.25, 0.3) is 0 Å². The molecule has 0 bridgehead atoms. The Hall–Kier alpha value is -1.36. The van der Waals surface area contributed by atoms with Crippen LogP contribution >= 0.6 is 22.6 Å². The third-order valence-corrected chi connectivity index (χ3v) is 2.70. The predicted octanol–water partition coefficient (Wildman–Crippen LogP) is 1.28. The first-order valence-electron chi connectivity index (χ1n) is 5.13. The van der Waals surface area contributed by atoms with Crippen molar-refractivity contribution in [3.63, 3.8) is 0 Å². The Morgan fingerprint density at radius 1 is 1.25 bits per heavy atom. The third kappa shape index (κ3) is 7.94. The van der Waals surface area contributed by atoms with Gasteiger partial charge in [-0.3, -0.25) is 4.79 Å². The van der Waals surface area contributed by atoms with Gasteiger partial charge in [0.05, 0.1) is 6.04 Å². The monoisotopic (exact) mass is 404 g/mol. The SMILES string of the molecule is NC(=O)[C@@H](N)Cc1ccc(I)cc1.O=C(O)C(F)(F)F. The minimum absolute atomic E-state index is 0.460. The van der Waals surface area contributed by atoms with Crippen molar-refractivity contribution in [3.8, 4) is 0 Å². The molecule has 0 aliphatic rings. The summed E-state index contributed by atoms with van der Waals surface area (Å²) in [7, 11) is 0. The Kier molecular flexibility index (Phi) is 7.50. The Morgan fingerprint density at radius 2 is 1.65 bits per heavy atom. The fourth-order valence-corrected chi connectivity index (χ4v) is 1.33. The molecule has 112 valence electrons. The molecular formula is C11H12F3IN2O3. The molecule has 0 heterocycles. The van der Waals surface area contributed by atoms with E-state index < -0.39 is 24.1 Å². The van der Waals surface area contributed by atoms with Gasteiger partial charge in [0.2, 0.25) is 5.91 Å². The number of carbonyl (C=O) groups excluding carboxylic acids is 1. The zero-order chi connectivity index (χ0) is 15.9. The summed E-state index contributed by atoms with van der Waals surface area (Å²) in [5.74, 6) is -3.22. The van der Waals surface area contributed by atoms with Gasteiger partial charge in [-0.15, -0.1) is 0 Å². The largest absolute Gasteiger partial charge is 0.490 e. The van der Waals surface area contributed by atoms with Crippen LogP contribution in [-0.2, 0) is 16.0 Å². The Balaban J connectivity index is 0.000000441. The van der Waals surface area contributed by atoms with Gasteiger partial charge < -0.3 is 16.6 Å². The van der Waals surface area contributed by atoms with Crippen LogP contribution in [-0.4, -0.2) is 29.2 Å². The highest BCUT2D eigenvalue weighted by atomic mass is 127. The van der Waals surface area contributed by atoms with E-state index in [-0.39, 0.29) is 0 Å². The van der Waals surface area contributed by atoms with Crippen LogP contribution in [0.4, 0.5) is 13.2 Å². The highest BCUT2D eigenvalue weighted by Gasteiger charge is 2.38. The van der Waals surface area contributed by atoms with Crippen molar-refractivity contribution >= 4 is 34.5 Å². The van der Waals surface area contributed by atoms with Gasteiger partial charge in [0.15, 0.2) is 0 Å². The number of hydrogen-bond donors (Lipinski definition) is 3. The van der Waals surface area contributed by atoms with Gasteiger partial charge in [0, 0.05) is 3.57 Å². The number of benzene rings is 1. The van der Waals surface area contributed by atoms with E-state index in [0.717, 1.165) is 9.13 Å². The molecule has 5 N–H and O–H groups in total. The molecule has 0 aliphatic heterocycles. The first-order valence-corrected chi connectivity index (χ1v) is 6.21. The molecule has 1 aromatic carbocycles. The maximum absolute atomic E-state index is 10.7. The number of carboxylic acid groups (broad SMARTS) is 1. The predicted molar refractivity (Wildman–Crippen MR) is 73.7 cm³/mol. The lowest BCUT2D eigenvalue weighted by Crippen LogP contribution is -2.38. The highest BCUT2D eigenvalue weighted by Crippen LogP contribution is 2.13. The molecule has 9 heteroatoms. The summed E-state index contributed by atoms with van der Waals surface area (Å²) in [6.45, 7) is 0. The van der Waals surface area contributed by atoms with Gasteiger partial charge in [0.25, 0.3) is 0 Å². The molecule has 1 atom stereocenters. The molecule has 1 amide bonds. The van der Waals surface area contributed by atoms with E-state index in [0.29, 0.717) is 6.42 Å². The van der Waals surface area contributed by atoms with Crippen molar-refractivity contribution < 1.29 is 27.9 Å². The van der Waals surface area contributed by atoms with Crippen molar-refractivity contribution in [2.45, 2.75) is 18.6 Å². The van der Waals surface area contributed by atoms with E-state index in [1.807, 2.05) is 24.3 Å². The van der Waals surface area contributed by atoms with E-state index in [4.69, 9.17) is 21.4 Å². The van der Waals surface area contributed by atoms with E-state index in [9.17, 15) is 18.0 Å². The number of hydrogen-bond acceptors (Lipinski definition) is 3. The number of carboxylic acids is 1. The molecule has 0 saturated heterocycles. The van der Waals surface area contributed by atoms with E-state index in [1.54, 1.807) is 0 Å². The maximum atomic E-state index is 10.7. The third-order valence-electron chi connectivity index (χ3n) is 1.98. The quantitative estimate of drug-likeness (QED) is 0.660. The molecule has 0 spiro atoms. The number of halogens is 4. The van der Waals surface area contributed by atoms with Crippen LogP contribution in [0.1, 0.15) is 5.56 Å². The van der Waals surface area contributed by atoms with Crippen molar-refractivity contribution in [2.24, 2.45) is 11.5 Å². The molecule has 5 nitrogen and oxygen atoms in total. The second kappa shape index (κ2) is 8.04. The van der Waals surface area contributed by atoms with Crippen LogP contribution in [0.5, 0.6) is 0 Å². The molecule has 0 aliphatic carbocycles. The van der Waals surface area contributed by atoms with Crippen LogP contribution in [0.3, 0.4) is 0 Å². The molecule has 1 aromatic rings. The Bertz CT molecular complexity index is 463. The summed E-state index contributed by atoms with van der Waals surface area (Å²) >= 11 is 2.22. The molecule has 1 rings (SSSR count). The average Bonchev–Trinajstić information content (AvgIpc) is 2.31. The molecule has 0 radical (unpaired) electrons. The lowest BCUT2D eigenvalue weighted by atomic mass is 10.1. The van der Waals surface area contributed by atoms with Gasteiger partial charge in [-0.1, -0.05) is 12.1 Å². The van der Waals surface area contributed by atoms with E-state index in [2.05, 4.69) is 22.6 Å². The minimum Gasteiger partial charge on any atom is -0.475 e. The standard InChI is InChI=1S/C9H11IN2O.C2HF3O2/c10-7-3-1-6(2-4-7)5-8(11)9(12)13;3-2(4,5)1(6)7/h1-4,8H,5,11H2,(H2,12,13);(H,6,7)/t8-;/m0./s1.